The van der Waals surface area contributed by atoms with Crippen LogP contribution in [0, 0.1) is 11.7 Å². The van der Waals surface area contributed by atoms with Gasteiger partial charge in [0, 0.05) is 6.54 Å². The van der Waals surface area contributed by atoms with E-state index >= 15 is 0 Å². The van der Waals surface area contributed by atoms with Crippen LogP contribution in [0.4, 0.5) is 17.6 Å². The Kier molecular flexibility index (Phi) is 7.67. The molecule has 0 saturated carbocycles. The van der Waals surface area contributed by atoms with Crippen LogP contribution in [0.25, 0.3) is 0 Å². The lowest BCUT2D eigenvalue weighted by Gasteiger charge is -2.18. The summed E-state index contributed by atoms with van der Waals surface area (Å²) in [6.07, 6.45) is -2.90. The number of benzene rings is 1. The number of alkyl halides is 3. The van der Waals surface area contributed by atoms with E-state index < -0.39 is 12.8 Å². The number of hydrogen-bond acceptors (Lipinski definition) is 2. The molecule has 6 heteroatoms. The molecule has 21 heavy (non-hydrogen) atoms. The molecule has 1 aromatic carbocycles. The summed E-state index contributed by atoms with van der Waals surface area (Å²) < 4.78 is 54.2. The lowest BCUT2D eigenvalue weighted by molar-refractivity contribution is -0.176. The first kappa shape index (κ1) is 17.9. The molecule has 0 heterocycles. The second-order valence-corrected chi connectivity index (χ2v) is 5.03. The molecule has 0 fully saturated rings. The molecule has 0 aliphatic heterocycles. The molecule has 1 rings (SSSR count). The summed E-state index contributed by atoms with van der Waals surface area (Å²) in [4.78, 5) is 0. The highest BCUT2D eigenvalue weighted by Gasteiger charge is 2.27. The maximum absolute atomic E-state index is 13.1. The number of ether oxygens (including phenoxy) is 1. The van der Waals surface area contributed by atoms with Crippen molar-refractivity contribution in [3.8, 4) is 0 Å². The van der Waals surface area contributed by atoms with Gasteiger partial charge in [0.1, 0.15) is 12.4 Å². The molecular weight excluding hydrogens is 286 g/mol. The summed E-state index contributed by atoms with van der Waals surface area (Å²) >= 11 is 0. The average molecular weight is 307 g/mol. The summed E-state index contributed by atoms with van der Waals surface area (Å²) in [5.74, 6) is -0.468. The van der Waals surface area contributed by atoms with Gasteiger partial charge in [0.15, 0.2) is 0 Å². The molecule has 1 atom stereocenters. The number of halogens is 4. The van der Waals surface area contributed by atoms with Crippen LogP contribution in [0.2, 0.25) is 0 Å². The summed E-state index contributed by atoms with van der Waals surface area (Å²) in [7, 11) is 0. The molecule has 0 saturated heterocycles. The quantitative estimate of drug-likeness (QED) is 0.556. The van der Waals surface area contributed by atoms with Crippen LogP contribution in [0.1, 0.15) is 18.9 Å². The van der Waals surface area contributed by atoms with Gasteiger partial charge in [-0.2, -0.15) is 13.2 Å². The highest BCUT2D eigenvalue weighted by Crippen LogP contribution is 2.16. The van der Waals surface area contributed by atoms with Crippen molar-refractivity contribution in [3.63, 3.8) is 0 Å². The zero-order valence-electron chi connectivity index (χ0n) is 12.0. The predicted molar refractivity (Wildman–Crippen MR) is 73.6 cm³/mol. The second-order valence-electron chi connectivity index (χ2n) is 5.03. The Bertz CT molecular complexity index is 409. The van der Waals surface area contributed by atoms with E-state index in [1.165, 1.54) is 12.1 Å². The normalized spacial score (nSPS) is 13.4. The van der Waals surface area contributed by atoms with E-state index in [1.54, 1.807) is 12.1 Å². The maximum Gasteiger partial charge on any atom is 0.411 e. The van der Waals surface area contributed by atoms with Gasteiger partial charge in [-0.3, -0.25) is 0 Å². The van der Waals surface area contributed by atoms with Gasteiger partial charge >= 0.3 is 6.18 Å². The molecule has 1 unspecified atom stereocenters. The van der Waals surface area contributed by atoms with Crippen LogP contribution in [0.5, 0.6) is 0 Å². The SMILES string of the molecule is CCCNCC(COCC(F)(F)F)Cc1cccc(F)c1. The summed E-state index contributed by atoms with van der Waals surface area (Å²) in [6.45, 7) is 2.09. The monoisotopic (exact) mass is 307 g/mol. The standard InChI is InChI=1S/C15H21F4NO/c1-2-6-20-9-13(10-21-11-15(17,18)19)7-12-4-3-5-14(16)8-12/h3-5,8,13,20H,2,6-7,9-11H2,1H3. The van der Waals surface area contributed by atoms with Crippen molar-refractivity contribution >= 4 is 0 Å². The third-order valence-corrected chi connectivity index (χ3v) is 2.89. The Morgan fingerprint density at radius 2 is 2.05 bits per heavy atom. The molecule has 0 radical (unpaired) electrons. The zero-order valence-corrected chi connectivity index (χ0v) is 12.0. The minimum absolute atomic E-state index is 0.00720. The fourth-order valence-electron chi connectivity index (χ4n) is 2.01. The first-order valence-electron chi connectivity index (χ1n) is 7.00. The first-order chi connectivity index (χ1) is 9.90. The Hall–Kier alpha value is -1.14. The van der Waals surface area contributed by atoms with Crippen molar-refractivity contribution in [2.75, 3.05) is 26.3 Å². The number of rotatable bonds is 9. The largest absolute Gasteiger partial charge is 0.411 e. The second kappa shape index (κ2) is 9.00. The van der Waals surface area contributed by atoms with Crippen LogP contribution < -0.4 is 5.32 Å². The van der Waals surface area contributed by atoms with Crippen molar-refractivity contribution in [2.24, 2.45) is 5.92 Å². The van der Waals surface area contributed by atoms with Crippen molar-refractivity contribution in [1.82, 2.24) is 5.32 Å². The van der Waals surface area contributed by atoms with Crippen LogP contribution in [-0.4, -0.2) is 32.5 Å². The average Bonchev–Trinajstić information content (AvgIpc) is 2.37. The Morgan fingerprint density at radius 3 is 2.67 bits per heavy atom. The first-order valence-corrected chi connectivity index (χ1v) is 7.00. The topological polar surface area (TPSA) is 21.3 Å². The fraction of sp³-hybridized carbons (Fsp3) is 0.600. The molecule has 0 aliphatic rings. The molecule has 0 spiro atoms. The van der Waals surface area contributed by atoms with Crippen molar-refractivity contribution < 1.29 is 22.3 Å². The molecule has 0 bridgehead atoms. The van der Waals surface area contributed by atoms with Crippen molar-refractivity contribution in [1.29, 1.82) is 0 Å². The molecule has 2 nitrogen and oxygen atoms in total. The molecule has 1 aromatic rings. The summed E-state index contributed by atoms with van der Waals surface area (Å²) in [6, 6.07) is 6.10. The van der Waals surface area contributed by atoms with Crippen LogP contribution >= 0.6 is 0 Å². The Balaban J connectivity index is 2.50. The molecule has 0 aliphatic carbocycles. The smallest absolute Gasteiger partial charge is 0.372 e. The third-order valence-electron chi connectivity index (χ3n) is 2.89. The van der Waals surface area contributed by atoms with Gasteiger partial charge in [-0.25, -0.2) is 4.39 Å². The van der Waals surface area contributed by atoms with E-state index in [2.05, 4.69) is 5.32 Å². The molecule has 0 amide bonds. The lowest BCUT2D eigenvalue weighted by atomic mass is 10.00. The third kappa shape index (κ3) is 8.67. The van der Waals surface area contributed by atoms with Gasteiger partial charge in [-0.15, -0.1) is 0 Å². The van der Waals surface area contributed by atoms with Crippen molar-refractivity contribution in [2.45, 2.75) is 25.9 Å². The highest BCUT2D eigenvalue weighted by atomic mass is 19.4. The number of nitrogens with one attached hydrogen (secondary N) is 1. The van der Waals surface area contributed by atoms with Crippen LogP contribution in [0.3, 0.4) is 0 Å². The molecular formula is C15H21F4NO. The van der Waals surface area contributed by atoms with Gasteiger partial charge in [-0.1, -0.05) is 19.1 Å². The van der Waals surface area contributed by atoms with E-state index in [-0.39, 0.29) is 18.3 Å². The van der Waals surface area contributed by atoms with E-state index in [1.807, 2.05) is 6.92 Å². The summed E-state index contributed by atoms with van der Waals surface area (Å²) in [5, 5.41) is 3.16. The number of hydrogen-bond donors (Lipinski definition) is 1. The van der Waals surface area contributed by atoms with Crippen LogP contribution in [0.15, 0.2) is 24.3 Å². The zero-order chi connectivity index (χ0) is 15.7. The minimum atomic E-state index is -4.32. The van der Waals surface area contributed by atoms with Crippen LogP contribution in [-0.2, 0) is 11.2 Å². The maximum atomic E-state index is 13.1. The van der Waals surface area contributed by atoms with Gasteiger partial charge in [0.2, 0.25) is 0 Å². The Morgan fingerprint density at radius 1 is 1.29 bits per heavy atom. The van der Waals surface area contributed by atoms with Gasteiger partial charge in [-0.05, 0) is 43.0 Å². The lowest BCUT2D eigenvalue weighted by Crippen LogP contribution is -2.30. The van der Waals surface area contributed by atoms with E-state index in [4.69, 9.17) is 4.74 Å². The Labute approximate surface area is 122 Å². The van der Waals surface area contributed by atoms with Gasteiger partial charge < -0.3 is 10.1 Å². The van der Waals surface area contributed by atoms with Crippen molar-refractivity contribution in [3.05, 3.63) is 35.6 Å². The minimum Gasteiger partial charge on any atom is -0.372 e. The molecule has 120 valence electrons. The molecule has 0 aromatic heterocycles. The fourth-order valence-corrected chi connectivity index (χ4v) is 2.01. The van der Waals surface area contributed by atoms with Gasteiger partial charge in [0.25, 0.3) is 0 Å². The highest BCUT2D eigenvalue weighted by molar-refractivity contribution is 5.16. The summed E-state index contributed by atoms with van der Waals surface area (Å²) in [5.41, 5.74) is 0.758. The molecule has 1 N–H and O–H groups in total. The van der Waals surface area contributed by atoms with E-state index in [9.17, 15) is 17.6 Å². The van der Waals surface area contributed by atoms with Gasteiger partial charge in [0.05, 0.1) is 6.61 Å². The van der Waals surface area contributed by atoms with E-state index in [0.29, 0.717) is 13.0 Å². The predicted octanol–water partition coefficient (Wildman–Crippen LogP) is 3.56. The van der Waals surface area contributed by atoms with E-state index in [0.717, 1.165) is 18.5 Å².